The number of rotatable bonds is 9. The minimum absolute atomic E-state index is 0.296. The Morgan fingerprint density at radius 2 is 2.00 bits per heavy atom. The Labute approximate surface area is 127 Å². The van der Waals surface area contributed by atoms with Crippen LogP contribution in [0.5, 0.6) is 5.75 Å². The molecule has 2 N–H and O–H groups in total. The largest absolute Gasteiger partial charge is 0.478 e. The molecule has 1 atom stereocenters. The second-order valence-corrected chi connectivity index (χ2v) is 5.18. The number of hydrogen-bond donors (Lipinski definition) is 1. The smallest absolute Gasteiger partial charge is 0.347 e. The summed E-state index contributed by atoms with van der Waals surface area (Å²) >= 11 is 0. The molecule has 0 fully saturated rings. The minimum Gasteiger partial charge on any atom is -0.478 e. The molecule has 0 spiro atoms. The van der Waals surface area contributed by atoms with Gasteiger partial charge in [0.25, 0.3) is 0 Å². The second-order valence-electron chi connectivity index (χ2n) is 5.18. The van der Waals surface area contributed by atoms with Gasteiger partial charge in [-0.05, 0) is 38.8 Å². The number of nitrogens with two attached hydrogens (primary N) is 1. The van der Waals surface area contributed by atoms with Crippen molar-refractivity contribution in [3.8, 4) is 5.75 Å². The Hall–Kier alpha value is -1.71. The zero-order chi connectivity index (χ0) is 15.7. The topological polar surface area (TPSA) is 61.5 Å². The van der Waals surface area contributed by atoms with Gasteiger partial charge in [0, 0.05) is 11.3 Å². The molecule has 4 heteroatoms. The number of hydrogen-bond acceptors (Lipinski definition) is 4. The lowest BCUT2D eigenvalue weighted by atomic mass is 10.1. The molecule has 1 rings (SSSR count). The van der Waals surface area contributed by atoms with Crippen LogP contribution in [0.1, 0.15) is 51.5 Å². The van der Waals surface area contributed by atoms with Crippen LogP contribution in [0, 0.1) is 6.92 Å². The van der Waals surface area contributed by atoms with Crippen molar-refractivity contribution in [1.82, 2.24) is 0 Å². The fourth-order valence-electron chi connectivity index (χ4n) is 2.13. The van der Waals surface area contributed by atoms with Crippen LogP contribution in [-0.2, 0) is 9.53 Å². The summed E-state index contributed by atoms with van der Waals surface area (Å²) in [7, 11) is 0. The Morgan fingerprint density at radius 1 is 1.24 bits per heavy atom. The summed E-state index contributed by atoms with van der Waals surface area (Å²) < 4.78 is 11.0. The first-order chi connectivity index (χ1) is 10.1. The van der Waals surface area contributed by atoms with Crippen LogP contribution in [-0.4, -0.2) is 18.7 Å². The monoisotopic (exact) mass is 293 g/mol. The molecule has 0 aliphatic heterocycles. The molecule has 0 heterocycles. The van der Waals surface area contributed by atoms with Crippen molar-refractivity contribution in [3.63, 3.8) is 0 Å². The van der Waals surface area contributed by atoms with Gasteiger partial charge in [-0.1, -0.05) is 32.3 Å². The number of unbranched alkanes of at least 4 members (excludes halogenated alkanes) is 3. The van der Waals surface area contributed by atoms with Gasteiger partial charge in [-0.2, -0.15) is 0 Å². The number of nitrogen functional groups attached to an aromatic ring is 1. The van der Waals surface area contributed by atoms with Crippen molar-refractivity contribution in [3.05, 3.63) is 23.8 Å². The van der Waals surface area contributed by atoms with E-state index >= 15 is 0 Å². The molecular formula is C17H27NO3. The summed E-state index contributed by atoms with van der Waals surface area (Å²) in [6, 6.07) is 5.49. The molecule has 118 valence electrons. The highest BCUT2D eigenvalue weighted by Crippen LogP contribution is 2.25. The number of benzene rings is 1. The summed E-state index contributed by atoms with van der Waals surface area (Å²) in [5.41, 5.74) is 7.40. The van der Waals surface area contributed by atoms with Crippen molar-refractivity contribution in [1.29, 1.82) is 0 Å². The zero-order valence-electron chi connectivity index (χ0n) is 13.4. The van der Waals surface area contributed by atoms with E-state index in [2.05, 4.69) is 6.92 Å². The van der Waals surface area contributed by atoms with Gasteiger partial charge in [-0.3, -0.25) is 0 Å². The van der Waals surface area contributed by atoms with E-state index in [1.807, 2.05) is 25.1 Å². The Morgan fingerprint density at radius 3 is 2.67 bits per heavy atom. The molecule has 1 aromatic carbocycles. The molecular weight excluding hydrogens is 266 g/mol. The van der Waals surface area contributed by atoms with Gasteiger partial charge in [0.15, 0.2) is 6.10 Å². The molecule has 0 aliphatic carbocycles. The second kappa shape index (κ2) is 9.27. The first-order valence-electron chi connectivity index (χ1n) is 7.78. The van der Waals surface area contributed by atoms with Gasteiger partial charge in [0.1, 0.15) is 5.75 Å². The van der Waals surface area contributed by atoms with Crippen molar-refractivity contribution < 1.29 is 14.3 Å². The first kappa shape index (κ1) is 17.3. The molecule has 0 amide bonds. The van der Waals surface area contributed by atoms with Crippen molar-refractivity contribution in [2.24, 2.45) is 0 Å². The zero-order valence-corrected chi connectivity index (χ0v) is 13.4. The van der Waals surface area contributed by atoms with Crippen molar-refractivity contribution in [2.75, 3.05) is 12.3 Å². The molecule has 0 aromatic heterocycles. The predicted molar refractivity (Wildman–Crippen MR) is 85.4 cm³/mol. The maximum Gasteiger partial charge on any atom is 0.347 e. The Kier molecular flexibility index (Phi) is 7.65. The molecule has 0 saturated heterocycles. The van der Waals surface area contributed by atoms with Crippen LogP contribution in [0.25, 0.3) is 0 Å². The van der Waals surface area contributed by atoms with Crippen molar-refractivity contribution >= 4 is 11.7 Å². The van der Waals surface area contributed by atoms with E-state index in [1.165, 1.54) is 12.8 Å². The van der Waals surface area contributed by atoms with Crippen LogP contribution in [0.2, 0.25) is 0 Å². The van der Waals surface area contributed by atoms with Crippen LogP contribution < -0.4 is 10.5 Å². The fraction of sp³-hybridized carbons (Fsp3) is 0.588. The Bertz CT molecular complexity index is 446. The van der Waals surface area contributed by atoms with Gasteiger partial charge in [-0.15, -0.1) is 0 Å². The third kappa shape index (κ3) is 5.66. The molecule has 21 heavy (non-hydrogen) atoms. The lowest BCUT2D eigenvalue weighted by Crippen LogP contribution is -2.29. The van der Waals surface area contributed by atoms with Gasteiger partial charge in [-0.25, -0.2) is 4.79 Å². The molecule has 0 radical (unpaired) electrons. The van der Waals surface area contributed by atoms with Crippen LogP contribution in [0.15, 0.2) is 18.2 Å². The maximum atomic E-state index is 12.0. The molecule has 1 aromatic rings. The van der Waals surface area contributed by atoms with Crippen LogP contribution in [0.4, 0.5) is 5.69 Å². The predicted octanol–water partition coefficient (Wildman–Crippen LogP) is 3.86. The summed E-state index contributed by atoms with van der Waals surface area (Å²) in [5.74, 6) is 0.361. The van der Waals surface area contributed by atoms with Gasteiger partial charge in [0.2, 0.25) is 0 Å². The van der Waals surface area contributed by atoms with E-state index in [1.54, 1.807) is 6.92 Å². The fourth-order valence-corrected chi connectivity index (χ4v) is 2.13. The summed E-state index contributed by atoms with van der Waals surface area (Å²) in [5, 5.41) is 0. The molecule has 0 saturated carbocycles. The molecule has 1 unspecified atom stereocenters. The van der Waals surface area contributed by atoms with Crippen molar-refractivity contribution in [2.45, 2.75) is 59.0 Å². The minimum atomic E-state index is -0.553. The number of carbonyl (C=O) groups is 1. The average molecular weight is 293 g/mol. The molecule has 0 aliphatic rings. The van der Waals surface area contributed by atoms with Crippen LogP contribution in [0.3, 0.4) is 0 Å². The number of anilines is 1. The third-order valence-corrected chi connectivity index (χ3v) is 3.46. The summed E-state index contributed by atoms with van der Waals surface area (Å²) in [6.45, 7) is 6.22. The SMILES string of the molecule is CCCCCCC(Oc1cccc(N)c1C)C(=O)OCC. The van der Waals surface area contributed by atoms with E-state index in [0.29, 0.717) is 24.5 Å². The van der Waals surface area contributed by atoms with E-state index in [-0.39, 0.29) is 5.97 Å². The maximum absolute atomic E-state index is 12.0. The van der Waals surface area contributed by atoms with E-state index in [0.717, 1.165) is 18.4 Å². The van der Waals surface area contributed by atoms with E-state index < -0.39 is 6.10 Å². The normalized spacial score (nSPS) is 12.0. The summed E-state index contributed by atoms with van der Waals surface area (Å²) in [6.07, 6.45) is 4.52. The highest BCUT2D eigenvalue weighted by molar-refractivity contribution is 5.75. The molecule has 4 nitrogen and oxygen atoms in total. The van der Waals surface area contributed by atoms with Gasteiger partial charge in [0.05, 0.1) is 6.61 Å². The number of esters is 1. The van der Waals surface area contributed by atoms with Crippen LogP contribution >= 0.6 is 0 Å². The van der Waals surface area contributed by atoms with E-state index in [4.69, 9.17) is 15.2 Å². The van der Waals surface area contributed by atoms with Gasteiger partial charge >= 0.3 is 5.97 Å². The Balaban J connectivity index is 2.71. The van der Waals surface area contributed by atoms with E-state index in [9.17, 15) is 4.79 Å². The first-order valence-corrected chi connectivity index (χ1v) is 7.78. The third-order valence-electron chi connectivity index (χ3n) is 3.46. The number of ether oxygens (including phenoxy) is 2. The number of carbonyl (C=O) groups excluding carboxylic acids is 1. The lowest BCUT2D eigenvalue weighted by molar-refractivity contribution is -0.151. The molecule has 0 bridgehead atoms. The summed E-state index contributed by atoms with van der Waals surface area (Å²) in [4.78, 5) is 12.0. The highest BCUT2D eigenvalue weighted by Gasteiger charge is 2.22. The van der Waals surface area contributed by atoms with Gasteiger partial charge < -0.3 is 15.2 Å². The average Bonchev–Trinajstić information content (AvgIpc) is 2.47. The highest BCUT2D eigenvalue weighted by atomic mass is 16.6. The standard InChI is InChI=1S/C17H27NO3/c1-4-6-7-8-11-16(17(19)20-5-2)21-15-12-9-10-14(18)13(15)3/h9-10,12,16H,4-8,11,18H2,1-3H3. The lowest BCUT2D eigenvalue weighted by Gasteiger charge is -2.19. The quantitative estimate of drug-likeness (QED) is 0.426.